The number of hydrogen-bond donors (Lipinski definition) is 3. The molecule has 9 heteroatoms. The molecule has 0 aromatic carbocycles. The van der Waals surface area contributed by atoms with E-state index >= 15 is 0 Å². The number of ether oxygens (including phenoxy) is 1. The number of aromatic amines is 1. The maximum absolute atomic E-state index is 11.8. The van der Waals surface area contributed by atoms with Crippen LogP contribution >= 0.6 is 0 Å². The Kier molecular flexibility index (Phi) is 5.85. The normalized spacial score (nSPS) is 11.8. The van der Waals surface area contributed by atoms with Gasteiger partial charge in [0.15, 0.2) is 0 Å². The van der Waals surface area contributed by atoms with Crippen LogP contribution in [0.25, 0.3) is 0 Å². The predicted molar refractivity (Wildman–Crippen MR) is 72.2 cm³/mol. The van der Waals surface area contributed by atoms with Crippen LogP contribution in [-0.4, -0.2) is 39.9 Å². The number of carbonyl (C=O) groups excluding carboxylic acids is 2. The second-order valence-corrected chi connectivity index (χ2v) is 4.13. The average Bonchev–Trinajstić information content (AvgIpc) is 2.42. The number of hydrogen-bond acceptors (Lipinski definition) is 6. The third kappa shape index (κ3) is 4.02. The van der Waals surface area contributed by atoms with Crippen molar-refractivity contribution in [1.29, 1.82) is 0 Å². The molecule has 1 heterocycles. The van der Waals surface area contributed by atoms with E-state index in [0.29, 0.717) is 6.42 Å². The van der Waals surface area contributed by atoms with Gasteiger partial charge in [0.1, 0.15) is 5.56 Å². The van der Waals surface area contributed by atoms with Crippen molar-refractivity contribution >= 4 is 12.0 Å². The summed E-state index contributed by atoms with van der Waals surface area (Å²) in [5.41, 5.74) is -2.09. The van der Waals surface area contributed by atoms with Crippen LogP contribution in [0, 0.1) is 0 Å². The molecule has 0 aliphatic heterocycles. The Labute approximate surface area is 119 Å². The van der Waals surface area contributed by atoms with E-state index in [0.717, 1.165) is 10.8 Å². The van der Waals surface area contributed by atoms with Crippen molar-refractivity contribution in [3.05, 3.63) is 32.6 Å². The second-order valence-electron chi connectivity index (χ2n) is 4.13. The number of carbonyl (C=O) groups is 2. The summed E-state index contributed by atoms with van der Waals surface area (Å²) in [7, 11) is 0. The molecular formula is C12H17N3O6. The largest absolute Gasteiger partial charge is 0.450 e. The molecule has 0 fully saturated rings. The fourth-order valence-corrected chi connectivity index (χ4v) is 1.66. The van der Waals surface area contributed by atoms with Gasteiger partial charge in [-0.25, -0.2) is 9.59 Å². The molecule has 1 atom stereocenters. The van der Waals surface area contributed by atoms with Gasteiger partial charge >= 0.3 is 11.8 Å². The van der Waals surface area contributed by atoms with E-state index in [1.54, 1.807) is 13.8 Å². The minimum Gasteiger partial charge on any atom is -0.450 e. The van der Waals surface area contributed by atoms with Gasteiger partial charge < -0.3 is 9.84 Å². The van der Waals surface area contributed by atoms with E-state index in [1.165, 1.54) is 0 Å². The van der Waals surface area contributed by atoms with Crippen molar-refractivity contribution in [3.8, 4) is 0 Å². The fraction of sp³-hybridized carbons (Fsp3) is 0.500. The number of nitrogens with one attached hydrogen (secondary N) is 2. The molecule has 2 amide bonds. The molecule has 0 radical (unpaired) electrons. The SMILES string of the molecule is CCOC(=O)NC(=O)c1cn([C@H](CC)CO)c(=O)[nH]c1=O. The Bertz CT molecular complexity index is 629. The van der Waals surface area contributed by atoms with Gasteiger partial charge in [0.05, 0.1) is 19.3 Å². The van der Waals surface area contributed by atoms with Gasteiger partial charge in [-0.1, -0.05) is 6.92 Å². The molecule has 9 nitrogen and oxygen atoms in total. The Balaban J connectivity index is 3.16. The van der Waals surface area contributed by atoms with Gasteiger partial charge in [-0.3, -0.25) is 24.5 Å². The van der Waals surface area contributed by atoms with E-state index < -0.39 is 34.9 Å². The van der Waals surface area contributed by atoms with Gasteiger partial charge in [-0.15, -0.1) is 0 Å². The molecule has 0 aliphatic carbocycles. The minimum atomic E-state index is -0.992. The van der Waals surface area contributed by atoms with Crippen LogP contribution in [0.3, 0.4) is 0 Å². The van der Waals surface area contributed by atoms with Gasteiger partial charge in [-0.05, 0) is 13.3 Å². The first-order chi connectivity index (χ1) is 9.94. The maximum atomic E-state index is 11.8. The number of aromatic nitrogens is 2. The first kappa shape index (κ1) is 16.6. The van der Waals surface area contributed by atoms with E-state index in [9.17, 15) is 24.3 Å². The highest BCUT2D eigenvalue weighted by Gasteiger charge is 2.18. The molecule has 0 saturated carbocycles. The van der Waals surface area contributed by atoms with Crippen LogP contribution in [0.1, 0.15) is 36.7 Å². The number of rotatable bonds is 5. The molecule has 3 N–H and O–H groups in total. The van der Waals surface area contributed by atoms with Crippen molar-refractivity contribution in [2.24, 2.45) is 0 Å². The Morgan fingerprint density at radius 2 is 2.10 bits per heavy atom. The molecule has 21 heavy (non-hydrogen) atoms. The number of aliphatic hydroxyl groups excluding tert-OH is 1. The highest BCUT2D eigenvalue weighted by Crippen LogP contribution is 2.06. The molecule has 0 bridgehead atoms. The highest BCUT2D eigenvalue weighted by molar-refractivity contribution is 6.02. The molecule has 1 aromatic heterocycles. The number of nitrogens with zero attached hydrogens (tertiary/aromatic N) is 1. The lowest BCUT2D eigenvalue weighted by molar-refractivity contribution is 0.0921. The molecule has 0 spiro atoms. The number of amides is 2. The molecule has 1 aromatic rings. The summed E-state index contributed by atoms with van der Waals surface area (Å²) in [6.45, 7) is 3.03. The van der Waals surface area contributed by atoms with Crippen molar-refractivity contribution in [3.63, 3.8) is 0 Å². The van der Waals surface area contributed by atoms with Crippen LogP contribution < -0.4 is 16.6 Å². The van der Waals surface area contributed by atoms with E-state index in [1.807, 2.05) is 10.3 Å². The summed E-state index contributed by atoms with van der Waals surface area (Å²) < 4.78 is 5.57. The van der Waals surface area contributed by atoms with Crippen molar-refractivity contribution in [2.45, 2.75) is 26.3 Å². The summed E-state index contributed by atoms with van der Waals surface area (Å²) >= 11 is 0. The van der Waals surface area contributed by atoms with E-state index in [2.05, 4.69) is 4.74 Å². The minimum absolute atomic E-state index is 0.0669. The standard InChI is InChI=1S/C12H17N3O6/c1-3-7(6-16)15-5-8(9(17)13-11(15)19)10(18)14-12(20)21-4-2/h5,7,16H,3-4,6H2,1-2H3,(H,13,17,19)(H,14,18,20)/t7-/m1/s1. The zero-order valence-corrected chi connectivity index (χ0v) is 11.7. The summed E-state index contributed by atoms with van der Waals surface area (Å²) in [4.78, 5) is 48.2. The van der Waals surface area contributed by atoms with E-state index in [-0.39, 0.29) is 13.2 Å². The molecule has 1 rings (SSSR count). The van der Waals surface area contributed by atoms with Crippen molar-refractivity contribution in [1.82, 2.24) is 14.9 Å². The van der Waals surface area contributed by atoms with Crippen LogP contribution in [0.15, 0.2) is 15.8 Å². The second kappa shape index (κ2) is 7.39. The van der Waals surface area contributed by atoms with Crippen molar-refractivity contribution < 1.29 is 19.4 Å². The van der Waals surface area contributed by atoms with Gasteiger partial charge in [-0.2, -0.15) is 0 Å². The van der Waals surface area contributed by atoms with E-state index in [4.69, 9.17) is 0 Å². The van der Waals surface area contributed by atoms with Crippen molar-refractivity contribution in [2.75, 3.05) is 13.2 Å². The zero-order chi connectivity index (χ0) is 16.0. The smallest absolute Gasteiger partial charge is 0.414 e. The first-order valence-electron chi connectivity index (χ1n) is 6.38. The molecule has 0 saturated heterocycles. The maximum Gasteiger partial charge on any atom is 0.414 e. The number of imide groups is 1. The third-order valence-electron chi connectivity index (χ3n) is 2.78. The molecule has 0 aliphatic rings. The Hall–Kier alpha value is -2.42. The molecular weight excluding hydrogens is 282 g/mol. The number of aliphatic hydroxyl groups is 1. The summed E-state index contributed by atoms with van der Waals surface area (Å²) in [6.07, 6.45) is 0.440. The predicted octanol–water partition coefficient (Wildman–Crippen LogP) is -0.634. The number of alkyl carbamates (subject to hydrolysis) is 1. The number of H-pyrrole nitrogens is 1. The Morgan fingerprint density at radius 3 is 2.62 bits per heavy atom. The van der Waals surface area contributed by atoms with Crippen LogP contribution in [0.2, 0.25) is 0 Å². The fourth-order valence-electron chi connectivity index (χ4n) is 1.66. The Morgan fingerprint density at radius 1 is 1.43 bits per heavy atom. The zero-order valence-electron chi connectivity index (χ0n) is 11.7. The summed E-state index contributed by atoms with van der Waals surface area (Å²) in [5, 5.41) is 11.1. The summed E-state index contributed by atoms with van der Waals surface area (Å²) in [5.74, 6) is -0.990. The quantitative estimate of drug-likeness (QED) is 0.663. The molecule has 0 unspecified atom stereocenters. The van der Waals surface area contributed by atoms with Crippen LogP contribution in [0.4, 0.5) is 4.79 Å². The lowest BCUT2D eigenvalue weighted by atomic mass is 10.2. The van der Waals surface area contributed by atoms with Crippen LogP contribution in [0.5, 0.6) is 0 Å². The monoisotopic (exact) mass is 299 g/mol. The highest BCUT2D eigenvalue weighted by atomic mass is 16.5. The third-order valence-corrected chi connectivity index (χ3v) is 2.78. The van der Waals surface area contributed by atoms with Gasteiger partial charge in [0.25, 0.3) is 11.5 Å². The lowest BCUT2D eigenvalue weighted by Gasteiger charge is -2.15. The lowest BCUT2D eigenvalue weighted by Crippen LogP contribution is -2.40. The average molecular weight is 299 g/mol. The molecule has 116 valence electrons. The van der Waals surface area contributed by atoms with Crippen LogP contribution in [-0.2, 0) is 4.74 Å². The first-order valence-corrected chi connectivity index (χ1v) is 6.38. The van der Waals surface area contributed by atoms with Gasteiger partial charge in [0.2, 0.25) is 0 Å². The summed E-state index contributed by atoms with van der Waals surface area (Å²) in [6, 6.07) is -0.580. The topological polar surface area (TPSA) is 130 Å². The van der Waals surface area contributed by atoms with Gasteiger partial charge in [0, 0.05) is 6.20 Å².